The second kappa shape index (κ2) is 9.68. The van der Waals surface area contributed by atoms with Crippen molar-refractivity contribution in [2.45, 2.75) is 43.7 Å². The van der Waals surface area contributed by atoms with Crippen LogP contribution in [-0.4, -0.2) is 36.7 Å². The Morgan fingerprint density at radius 2 is 1.42 bits per heavy atom. The van der Waals surface area contributed by atoms with E-state index >= 15 is 0 Å². The van der Waals surface area contributed by atoms with Crippen LogP contribution in [0.25, 0.3) is 0 Å². The minimum Gasteiger partial charge on any atom is -0.497 e. The predicted octanol–water partition coefficient (Wildman–Crippen LogP) is 5.83. The number of nitriles is 1. The first kappa shape index (κ1) is 22.9. The van der Waals surface area contributed by atoms with Gasteiger partial charge in [-0.1, -0.05) is 66.7 Å². The van der Waals surface area contributed by atoms with Gasteiger partial charge >= 0.3 is 0 Å². The first-order chi connectivity index (χ1) is 16.0. The van der Waals surface area contributed by atoms with Crippen molar-refractivity contribution in [3.63, 3.8) is 0 Å². The van der Waals surface area contributed by atoms with Gasteiger partial charge in [0.15, 0.2) is 0 Å². The van der Waals surface area contributed by atoms with Crippen molar-refractivity contribution in [1.29, 1.82) is 5.26 Å². The van der Waals surface area contributed by atoms with E-state index in [0.717, 1.165) is 48.6 Å². The number of nitrogens with zero attached hydrogens (tertiary/aromatic N) is 2. The zero-order chi connectivity index (χ0) is 23.3. The first-order valence-corrected chi connectivity index (χ1v) is 11.5. The Morgan fingerprint density at radius 1 is 0.848 bits per heavy atom. The highest BCUT2D eigenvalue weighted by Crippen LogP contribution is 2.40. The Bertz CT molecular complexity index is 1040. The molecule has 1 fully saturated rings. The lowest BCUT2D eigenvalue weighted by molar-refractivity contribution is -0.0465. The highest BCUT2D eigenvalue weighted by Gasteiger charge is 2.42. The molecule has 0 atom stereocenters. The molecule has 0 bridgehead atoms. The summed E-state index contributed by atoms with van der Waals surface area (Å²) < 4.78 is 11.4. The fourth-order valence-electron chi connectivity index (χ4n) is 4.61. The average Bonchev–Trinajstić information content (AvgIpc) is 2.83. The fourth-order valence-corrected chi connectivity index (χ4v) is 4.61. The van der Waals surface area contributed by atoms with E-state index in [-0.39, 0.29) is 11.6 Å². The molecule has 1 heterocycles. The molecule has 33 heavy (non-hydrogen) atoms. The quantitative estimate of drug-likeness (QED) is 0.420. The van der Waals surface area contributed by atoms with Crippen molar-refractivity contribution < 1.29 is 9.47 Å². The van der Waals surface area contributed by atoms with Gasteiger partial charge in [-0.05, 0) is 49.9 Å². The third-order valence-electron chi connectivity index (χ3n) is 6.88. The third kappa shape index (κ3) is 4.89. The monoisotopic (exact) mass is 440 g/mol. The number of methoxy groups -OCH3 is 1. The highest BCUT2D eigenvalue weighted by molar-refractivity contribution is 5.45. The Hall–Kier alpha value is -3.29. The summed E-state index contributed by atoms with van der Waals surface area (Å²) in [5.41, 5.74) is 1.40. The Balaban J connectivity index is 1.44. The van der Waals surface area contributed by atoms with Gasteiger partial charge in [0.1, 0.15) is 23.0 Å². The number of likely N-dealkylation sites (tertiary alicyclic amines) is 1. The second-order valence-electron chi connectivity index (χ2n) is 9.39. The molecular formula is C29H32N2O2. The van der Waals surface area contributed by atoms with Crippen LogP contribution in [-0.2, 0) is 5.41 Å². The van der Waals surface area contributed by atoms with Crippen LogP contribution in [0.1, 0.15) is 37.8 Å². The fraction of sp³-hybridized carbons (Fsp3) is 0.345. The lowest BCUT2D eigenvalue weighted by Gasteiger charge is -2.49. The molecular weight excluding hydrogens is 408 g/mol. The number of hydrogen-bond donors (Lipinski definition) is 0. The van der Waals surface area contributed by atoms with Gasteiger partial charge in [-0.25, -0.2) is 0 Å². The van der Waals surface area contributed by atoms with E-state index in [1.165, 1.54) is 0 Å². The van der Waals surface area contributed by atoms with E-state index in [9.17, 15) is 5.26 Å². The molecule has 0 saturated carbocycles. The largest absolute Gasteiger partial charge is 0.497 e. The molecule has 1 saturated heterocycles. The van der Waals surface area contributed by atoms with Crippen molar-refractivity contribution in [2.75, 3.05) is 20.2 Å². The van der Waals surface area contributed by atoms with Gasteiger partial charge in [-0.3, -0.25) is 4.90 Å². The van der Waals surface area contributed by atoms with Gasteiger partial charge in [0.2, 0.25) is 0 Å². The Labute approximate surface area is 197 Å². The molecule has 0 amide bonds. The lowest BCUT2D eigenvalue weighted by atomic mass is 9.70. The molecule has 4 rings (SSSR count). The number of rotatable bonds is 9. The molecule has 0 unspecified atom stereocenters. The second-order valence-corrected chi connectivity index (χ2v) is 9.39. The standard InChI is InChI=1S/C29H32N2O2/c1-28(2,31-20-27(21-31)33-26-16-10-15-25(19-26)32-3)17-18-29(22-30,23-11-6-4-7-12-23)24-13-8-5-9-14-24/h4-16,19,27H,17-18,20-21H2,1-3H3. The maximum Gasteiger partial charge on any atom is 0.124 e. The number of benzene rings is 3. The van der Waals surface area contributed by atoms with Gasteiger partial charge in [0, 0.05) is 24.7 Å². The van der Waals surface area contributed by atoms with Crippen molar-refractivity contribution in [3.05, 3.63) is 96.1 Å². The van der Waals surface area contributed by atoms with Gasteiger partial charge in [0.05, 0.1) is 13.2 Å². The summed E-state index contributed by atoms with van der Waals surface area (Å²) in [7, 11) is 1.67. The maximum absolute atomic E-state index is 10.4. The summed E-state index contributed by atoms with van der Waals surface area (Å²) in [6.07, 6.45) is 1.82. The molecule has 0 aliphatic carbocycles. The van der Waals surface area contributed by atoms with Crippen LogP contribution in [0.2, 0.25) is 0 Å². The molecule has 1 aliphatic rings. The van der Waals surface area contributed by atoms with E-state index in [0.29, 0.717) is 0 Å². The molecule has 0 spiro atoms. The zero-order valence-corrected chi connectivity index (χ0v) is 19.7. The summed E-state index contributed by atoms with van der Waals surface area (Å²) in [5, 5.41) is 10.4. The van der Waals surface area contributed by atoms with E-state index in [2.05, 4.69) is 49.1 Å². The van der Waals surface area contributed by atoms with E-state index in [4.69, 9.17) is 9.47 Å². The number of ether oxygens (including phenoxy) is 2. The minimum absolute atomic E-state index is 0.0418. The highest BCUT2D eigenvalue weighted by atomic mass is 16.5. The zero-order valence-electron chi connectivity index (χ0n) is 19.7. The molecule has 0 radical (unpaired) electrons. The molecule has 4 heteroatoms. The summed E-state index contributed by atoms with van der Waals surface area (Å²) in [6.45, 7) is 6.29. The predicted molar refractivity (Wildman–Crippen MR) is 132 cm³/mol. The average molecular weight is 441 g/mol. The van der Waals surface area contributed by atoms with E-state index < -0.39 is 5.41 Å². The molecule has 1 aliphatic heterocycles. The van der Waals surface area contributed by atoms with E-state index in [1.54, 1.807) is 7.11 Å². The smallest absolute Gasteiger partial charge is 0.124 e. The van der Waals surface area contributed by atoms with Gasteiger partial charge in [-0.2, -0.15) is 5.26 Å². The van der Waals surface area contributed by atoms with Crippen molar-refractivity contribution >= 4 is 0 Å². The summed E-state index contributed by atoms with van der Waals surface area (Å²) in [5.74, 6) is 1.65. The van der Waals surface area contributed by atoms with Crippen LogP contribution in [0.4, 0.5) is 0 Å². The Kier molecular flexibility index (Phi) is 6.72. The summed E-state index contributed by atoms with van der Waals surface area (Å²) >= 11 is 0. The van der Waals surface area contributed by atoms with Crippen LogP contribution in [0.3, 0.4) is 0 Å². The van der Waals surface area contributed by atoms with Crippen molar-refractivity contribution in [2.24, 2.45) is 0 Å². The van der Waals surface area contributed by atoms with Crippen LogP contribution in [0, 0.1) is 11.3 Å². The van der Waals surface area contributed by atoms with Crippen LogP contribution in [0.5, 0.6) is 11.5 Å². The van der Waals surface area contributed by atoms with Crippen LogP contribution >= 0.6 is 0 Å². The van der Waals surface area contributed by atoms with Gasteiger partial charge in [0.25, 0.3) is 0 Å². The summed E-state index contributed by atoms with van der Waals surface area (Å²) in [4.78, 5) is 2.45. The molecule has 3 aromatic rings. The Morgan fingerprint density at radius 3 is 1.97 bits per heavy atom. The maximum atomic E-state index is 10.4. The van der Waals surface area contributed by atoms with Crippen LogP contribution in [0.15, 0.2) is 84.9 Å². The molecule has 4 nitrogen and oxygen atoms in total. The molecule has 3 aromatic carbocycles. The summed E-state index contributed by atoms with van der Waals surface area (Å²) in [6, 6.07) is 30.8. The first-order valence-electron chi connectivity index (χ1n) is 11.5. The van der Waals surface area contributed by atoms with Gasteiger partial charge in [-0.15, -0.1) is 0 Å². The normalized spacial score (nSPS) is 14.8. The number of hydrogen-bond acceptors (Lipinski definition) is 4. The van der Waals surface area contributed by atoms with Crippen molar-refractivity contribution in [3.8, 4) is 17.6 Å². The van der Waals surface area contributed by atoms with Gasteiger partial charge < -0.3 is 9.47 Å². The lowest BCUT2D eigenvalue weighted by Crippen LogP contribution is -2.62. The molecule has 0 N–H and O–H groups in total. The molecule has 170 valence electrons. The minimum atomic E-state index is -0.666. The molecule has 0 aromatic heterocycles. The van der Waals surface area contributed by atoms with Crippen LogP contribution < -0.4 is 9.47 Å². The van der Waals surface area contributed by atoms with Crippen molar-refractivity contribution in [1.82, 2.24) is 4.90 Å². The SMILES string of the molecule is COc1cccc(OC2CN(C(C)(C)CCC(C#N)(c3ccccc3)c3ccccc3)C2)c1. The topological polar surface area (TPSA) is 45.5 Å². The third-order valence-corrected chi connectivity index (χ3v) is 6.88. The van der Waals surface area contributed by atoms with E-state index in [1.807, 2.05) is 60.7 Å².